The third-order valence-corrected chi connectivity index (χ3v) is 3.44. The van der Waals surface area contributed by atoms with Crippen LogP contribution < -0.4 is 5.32 Å². The molecule has 1 aromatic heterocycles. The zero-order valence-corrected chi connectivity index (χ0v) is 11.2. The molecule has 0 amide bonds. The number of tetrazole rings is 1. The first kappa shape index (κ1) is 13.5. The third kappa shape index (κ3) is 3.29. The van der Waals surface area contributed by atoms with E-state index >= 15 is 0 Å². The Balaban J connectivity index is 2.00. The molecule has 1 heterocycles. The molecule has 0 saturated carbocycles. The molecule has 0 spiro atoms. The molecule has 102 valence electrons. The molecule has 6 heteroatoms. The van der Waals surface area contributed by atoms with Crippen LogP contribution in [-0.2, 0) is 0 Å². The summed E-state index contributed by atoms with van der Waals surface area (Å²) in [5.41, 5.74) is 1.84. The standard InChI is InChI=1S/C13H19N5O/c1-3-13(2,9-19)8-14-11-4-6-12(7-5-11)18-10-15-16-17-18/h4-7,10,14,19H,3,8-9H2,1-2H3. The smallest absolute Gasteiger partial charge is 0.143 e. The fourth-order valence-electron chi connectivity index (χ4n) is 1.62. The lowest BCUT2D eigenvalue weighted by Gasteiger charge is -2.26. The molecule has 0 aliphatic heterocycles. The summed E-state index contributed by atoms with van der Waals surface area (Å²) in [7, 11) is 0. The molecule has 1 atom stereocenters. The molecular weight excluding hydrogens is 242 g/mol. The van der Waals surface area contributed by atoms with E-state index in [1.54, 1.807) is 11.0 Å². The van der Waals surface area contributed by atoms with E-state index in [4.69, 9.17) is 0 Å². The maximum absolute atomic E-state index is 9.37. The lowest BCUT2D eigenvalue weighted by atomic mass is 9.88. The van der Waals surface area contributed by atoms with Crippen molar-refractivity contribution in [2.45, 2.75) is 20.3 Å². The summed E-state index contributed by atoms with van der Waals surface area (Å²) >= 11 is 0. The van der Waals surface area contributed by atoms with Crippen LogP contribution in [0.4, 0.5) is 5.69 Å². The highest BCUT2D eigenvalue weighted by molar-refractivity contribution is 5.48. The van der Waals surface area contributed by atoms with Crippen molar-refractivity contribution in [2.75, 3.05) is 18.5 Å². The Kier molecular flexibility index (Phi) is 4.11. The second-order valence-corrected chi connectivity index (χ2v) is 4.98. The molecule has 6 nitrogen and oxygen atoms in total. The van der Waals surface area contributed by atoms with Gasteiger partial charge >= 0.3 is 0 Å². The van der Waals surface area contributed by atoms with E-state index in [0.29, 0.717) is 0 Å². The molecule has 19 heavy (non-hydrogen) atoms. The highest BCUT2D eigenvalue weighted by Gasteiger charge is 2.20. The molecule has 2 rings (SSSR count). The molecule has 0 fully saturated rings. The predicted molar refractivity (Wildman–Crippen MR) is 73.1 cm³/mol. The quantitative estimate of drug-likeness (QED) is 0.823. The average Bonchev–Trinajstić information content (AvgIpc) is 2.99. The van der Waals surface area contributed by atoms with Crippen LogP contribution in [0.25, 0.3) is 5.69 Å². The van der Waals surface area contributed by atoms with Gasteiger partial charge in [-0.1, -0.05) is 13.8 Å². The van der Waals surface area contributed by atoms with Crippen LogP contribution in [0.3, 0.4) is 0 Å². The third-order valence-electron chi connectivity index (χ3n) is 3.44. The summed E-state index contributed by atoms with van der Waals surface area (Å²) in [4.78, 5) is 0. The highest BCUT2D eigenvalue weighted by atomic mass is 16.3. The molecule has 0 bridgehead atoms. The van der Waals surface area contributed by atoms with E-state index in [2.05, 4.69) is 34.7 Å². The van der Waals surface area contributed by atoms with Gasteiger partial charge in [0.05, 0.1) is 12.3 Å². The van der Waals surface area contributed by atoms with Crippen molar-refractivity contribution >= 4 is 5.69 Å². The number of aliphatic hydroxyl groups excluding tert-OH is 1. The minimum atomic E-state index is -0.0888. The van der Waals surface area contributed by atoms with Crippen molar-refractivity contribution in [1.29, 1.82) is 0 Å². The number of aromatic nitrogens is 4. The number of hydrogen-bond donors (Lipinski definition) is 2. The van der Waals surface area contributed by atoms with Gasteiger partial charge in [0.15, 0.2) is 0 Å². The number of anilines is 1. The van der Waals surface area contributed by atoms with E-state index in [0.717, 1.165) is 24.3 Å². The summed E-state index contributed by atoms with van der Waals surface area (Å²) in [6.45, 7) is 5.07. The van der Waals surface area contributed by atoms with E-state index in [1.165, 1.54) is 0 Å². The summed E-state index contributed by atoms with van der Waals surface area (Å²) in [5.74, 6) is 0. The maximum atomic E-state index is 9.37. The number of aliphatic hydroxyl groups is 1. The summed E-state index contributed by atoms with van der Waals surface area (Å²) < 4.78 is 1.60. The van der Waals surface area contributed by atoms with Crippen LogP contribution in [0.2, 0.25) is 0 Å². The second kappa shape index (κ2) is 5.79. The lowest BCUT2D eigenvalue weighted by molar-refractivity contribution is 0.149. The maximum Gasteiger partial charge on any atom is 0.143 e. The zero-order chi connectivity index (χ0) is 13.7. The largest absolute Gasteiger partial charge is 0.396 e. The molecule has 1 unspecified atom stereocenters. The molecule has 1 aromatic carbocycles. The predicted octanol–water partition coefficient (Wildman–Crippen LogP) is 1.48. The van der Waals surface area contributed by atoms with Crippen LogP contribution in [0.1, 0.15) is 20.3 Å². The van der Waals surface area contributed by atoms with Crippen molar-refractivity contribution in [3.05, 3.63) is 30.6 Å². The summed E-state index contributed by atoms with van der Waals surface area (Å²) in [6, 6.07) is 7.84. The Morgan fingerprint density at radius 2 is 2.05 bits per heavy atom. The van der Waals surface area contributed by atoms with Gasteiger partial charge in [0.1, 0.15) is 6.33 Å². The second-order valence-electron chi connectivity index (χ2n) is 4.98. The van der Waals surface area contributed by atoms with Gasteiger partial charge in [-0.2, -0.15) is 0 Å². The first-order valence-electron chi connectivity index (χ1n) is 6.35. The highest BCUT2D eigenvalue weighted by Crippen LogP contribution is 2.21. The molecule has 0 saturated heterocycles. The normalized spacial score (nSPS) is 14.1. The van der Waals surface area contributed by atoms with E-state index < -0.39 is 0 Å². The van der Waals surface area contributed by atoms with Gasteiger partial charge in [-0.05, 0) is 41.1 Å². The number of nitrogens with zero attached hydrogens (tertiary/aromatic N) is 4. The Labute approximate surface area is 112 Å². The first-order valence-corrected chi connectivity index (χ1v) is 6.35. The Morgan fingerprint density at radius 1 is 1.32 bits per heavy atom. The minimum absolute atomic E-state index is 0.0888. The van der Waals surface area contributed by atoms with Gasteiger partial charge < -0.3 is 10.4 Å². The molecule has 0 aliphatic carbocycles. The van der Waals surface area contributed by atoms with Crippen molar-refractivity contribution in [3.63, 3.8) is 0 Å². The SMILES string of the molecule is CCC(C)(CO)CNc1ccc(-n2cnnn2)cc1. The van der Waals surface area contributed by atoms with Crippen molar-refractivity contribution in [1.82, 2.24) is 20.2 Å². The van der Waals surface area contributed by atoms with Crippen LogP contribution >= 0.6 is 0 Å². The number of benzene rings is 1. The number of nitrogens with one attached hydrogen (secondary N) is 1. The van der Waals surface area contributed by atoms with Crippen molar-refractivity contribution in [2.24, 2.45) is 5.41 Å². The van der Waals surface area contributed by atoms with Gasteiger partial charge in [0.25, 0.3) is 0 Å². The molecule has 2 aromatic rings. The van der Waals surface area contributed by atoms with Crippen LogP contribution in [0.5, 0.6) is 0 Å². The Hall–Kier alpha value is -1.95. The zero-order valence-electron chi connectivity index (χ0n) is 11.2. The Bertz CT molecular complexity index is 490. The molecular formula is C13H19N5O. The number of hydrogen-bond acceptors (Lipinski definition) is 5. The van der Waals surface area contributed by atoms with Crippen LogP contribution in [0, 0.1) is 5.41 Å². The topological polar surface area (TPSA) is 75.9 Å². The molecule has 0 aliphatic rings. The summed E-state index contributed by atoms with van der Waals surface area (Å²) in [5, 5.41) is 23.7. The Morgan fingerprint density at radius 3 is 2.58 bits per heavy atom. The number of rotatable bonds is 6. The van der Waals surface area contributed by atoms with E-state index in [1.807, 2.05) is 24.3 Å². The van der Waals surface area contributed by atoms with Gasteiger partial charge in [0.2, 0.25) is 0 Å². The molecule has 2 N–H and O–H groups in total. The van der Waals surface area contributed by atoms with Gasteiger partial charge in [-0.25, -0.2) is 4.68 Å². The van der Waals surface area contributed by atoms with Gasteiger partial charge in [0, 0.05) is 17.6 Å². The van der Waals surface area contributed by atoms with Gasteiger partial charge in [-0.3, -0.25) is 0 Å². The fraction of sp³-hybridized carbons (Fsp3) is 0.462. The average molecular weight is 261 g/mol. The van der Waals surface area contributed by atoms with E-state index in [-0.39, 0.29) is 12.0 Å². The van der Waals surface area contributed by atoms with Crippen molar-refractivity contribution < 1.29 is 5.11 Å². The monoisotopic (exact) mass is 261 g/mol. The molecule has 0 radical (unpaired) electrons. The first-order chi connectivity index (χ1) is 9.17. The van der Waals surface area contributed by atoms with E-state index in [9.17, 15) is 5.11 Å². The lowest BCUT2D eigenvalue weighted by Crippen LogP contribution is -2.29. The van der Waals surface area contributed by atoms with Crippen LogP contribution in [0.15, 0.2) is 30.6 Å². The minimum Gasteiger partial charge on any atom is -0.396 e. The van der Waals surface area contributed by atoms with Crippen LogP contribution in [-0.4, -0.2) is 38.5 Å². The fourth-order valence-corrected chi connectivity index (χ4v) is 1.62. The van der Waals surface area contributed by atoms with Gasteiger partial charge in [-0.15, -0.1) is 5.10 Å². The summed E-state index contributed by atoms with van der Waals surface area (Å²) in [6.07, 6.45) is 2.49. The van der Waals surface area contributed by atoms with Crippen molar-refractivity contribution in [3.8, 4) is 5.69 Å².